The van der Waals surface area contributed by atoms with Gasteiger partial charge >= 0.3 is 12.1 Å². The van der Waals surface area contributed by atoms with E-state index in [1.807, 2.05) is 30.3 Å². The van der Waals surface area contributed by atoms with Crippen molar-refractivity contribution in [2.75, 3.05) is 0 Å². The summed E-state index contributed by atoms with van der Waals surface area (Å²) in [6, 6.07) is 7.84. The lowest BCUT2D eigenvalue weighted by Crippen LogP contribution is -2.49. The summed E-state index contributed by atoms with van der Waals surface area (Å²) in [5.41, 5.74) is -1.30. The molecule has 1 amide bonds. The van der Waals surface area contributed by atoms with Crippen molar-refractivity contribution in [3.05, 3.63) is 54.1 Å². The number of rotatable bonds is 5. The smallest absolute Gasteiger partial charge is 0.408 e. The van der Waals surface area contributed by atoms with E-state index in [0.717, 1.165) is 11.1 Å². The van der Waals surface area contributed by atoms with E-state index in [4.69, 9.17) is 16.3 Å². The average Bonchev–Trinajstić information content (AvgIpc) is 2.56. The van der Waals surface area contributed by atoms with Gasteiger partial charge in [-0.1, -0.05) is 42.5 Å². The monoisotopic (exact) mass is 395 g/mol. The molecule has 7 heteroatoms. The molecule has 0 heterocycles. The fourth-order valence-corrected chi connectivity index (χ4v) is 2.94. The van der Waals surface area contributed by atoms with Gasteiger partial charge in [-0.05, 0) is 38.0 Å². The first-order valence-electron chi connectivity index (χ1n) is 8.52. The Morgan fingerprint density at radius 1 is 1.33 bits per heavy atom. The van der Waals surface area contributed by atoms with E-state index < -0.39 is 41.2 Å². The van der Waals surface area contributed by atoms with E-state index in [1.54, 1.807) is 32.9 Å². The largest absolute Gasteiger partial charge is 0.480 e. The molecule has 1 aliphatic carbocycles. The zero-order valence-electron chi connectivity index (χ0n) is 15.4. The van der Waals surface area contributed by atoms with Crippen LogP contribution in [0.2, 0.25) is 0 Å². The number of alkyl halides is 2. The highest BCUT2D eigenvalue weighted by molar-refractivity contribution is 6.23. The molecule has 2 unspecified atom stereocenters. The van der Waals surface area contributed by atoms with Crippen molar-refractivity contribution in [3.8, 4) is 0 Å². The highest BCUT2D eigenvalue weighted by Crippen LogP contribution is 2.36. The third kappa shape index (κ3) is 5.82. The quantitative estimate of drug-likeness (QED) is 0.728. The number of carbonyl (C=O) groups is 2. The molecule has 0 spiro atoms. The van der Waals surface area contributed by atoms with E-state index in [0.29, 0.717) is 0 Å². The van der Waals surface area contributed by atoms with Gasteiger partial charge in [-0.15, -0.1) is 11.6 Å². The van der Waals surface area contributed by atoms with E-state index >= 15 is 4.39 Å². The van der Waals surface area contributed by atoms with Crippen LogP contribution >= 0.6 is 11.6 Å². The molecule has 2 rings (SSSR count). The van der Waals surface area contributed by atoms with Crippen molar-refractivity contribution in [1.29, 1.82) is 0 Å². The van der Waals surface area contributed by atoms with Crippen molar-refractivity contribution in [3.63, 3.8) is 0 Å². The molecule has 3 atom stereocenters. The van der Waals surface area contributed by atoms with Crippen LogP contribution < -0.4 is 5.32 Å². The lowest BCUT2D eigenvalue weighted by Gasteiger charge is -2.31. The minimum atomic E-state index is -2.13. The molecule has 0 radical (unpaired) electrons. The van der Waals surface area contributed by atoms with E-state index in [9.17, 15) is 14.7 Å². The van der Waals surface area contributed by atoms with Crippen LogP contribution in [0.5, 0.6) is 0 Å². The van der Waals surface area contributed by atoms with Crippen molar-refractivity contribution in [2.24, 2.45) is 0 Å². The summed E-state index contributed by atoms with van der Waals surface area (Å²) in [4.78, 5) is 23.3. The van der Waals surface area contributed by atoms with Crippen LogP contribution in [0.3, 0.4) is 0 Å². The van der Waals surface area contributed by atoms with E-state index in [1.165, 1.54) is 6.08 Å². The van der Waals surface area contributed by atoms with Gasteiger partial charge < -0.3 is 15.2 Å². The topological polar surface area (TPSA) is 75.6 Å². The third-order valence-corrected chi connectivity index (χ3v) is 4.43. The molecule has 146 valence electrons. The van der Waals surface area contributed by atoms with Crippen LogP contribution in [-0.4, -0.2) is 39.9 Å². The molecule has 5 nitrogen and oxygen atoms in total. The minimum Gasteiger partial charge on any atom is -0.480 e. The fourth-order valence-electron chi connectivity index (χ4n) is 2.64. The number of allylic oxidation sites excluding steroid dienone is 4. The number of hydrogen-bond donors (Lipinski definition) is 2. The number of alkyl carbamates (subject to hydrolysis) is 1. The number of nitrogens with one attached hydrogen (secondary N) is 1. The predicted octanol–water partition coefficient (Wildman–Crippen LogP) is 4.32. The maximum Gasteiger partial charge on any atom is 0.408 e. The number of carbonyl (C=O) groups excluding carboxylic acids is 1. The number of aliphatic carboxylic acids is 1. The Morgan fingerprint density at radius 2 is 1.96 bits per heavy atom. The van der Waals surface area contributed by atoms with Gasteiger partial charge in [-0.2, -0.15) is 0 Å². The Morgan fingerprint density at radius 3 is 2.48 bits per heavy atom. The molecule has 0 bridgehead atoms. The second-order valence-corrected chi connectivity index (χ2v) is 7.86. The molecule has 27 heavy (non-hydrogen) atoms. The van der Waals surface area contributed by atoms with Crippen molar-refractivity contribution >= 4 is 29.2 Å². The van der Waals surface area contributed by atoms with Gasteiger partial charge in [0.25, 0.3) is 0 Å². The van der Waals surface area contributed by atoms with Crippen LogP contribution in [-0.2, 0) is 9.53 Å². The first-order valence-corrected chi connectivity index (χ1v) is 8.95. The maximum absolute atomic E-state index is 15.3. The lowest BCUT2D eigenvalue weighted by molar-refractivity contribution is -0.140. The molecule has 0 saturated carbocycles. The normalized spacial score (nSPS) is 23.3. The van der Waals surface area contributed by atoms with E-state index in [2.05, 4.69) is 5.32 Å². The Balaban J connectivity index is 2.12. The van der Waals surface area contributed by atoms with Crippen LogP contribution in [0.1, 0.15) is 32.8 Å². The highest BCUT2D eigenvalue weighted by Gasteiger charge is 2.41. The molecule has 0 fully saturated rings. The number of halogens is 2. The molecule has 0 aromatic heterocycles. The predicted molar refractivity (Wildman–Crippen MR) is 102 cm³/mol. The van der Waals surface area contributed by atoms with Crippen molar-refractivity contribution < 1.29 is 23.8 Å². The van der Waals surface area contributed by atoms with Gasteiger partial charge in [0, 0.05) is 6.42 Å². The summed E-state index contributed by atoms with van der Waals surface area (Å²) in [6.07, 6.45) is 2.92. The molecule has 1 aliphatic rings. The zero-order chi connectivity index (χ0) is 20.2. The van der Waals surface area contributed by atoms with Gasteiger partial charge in [0.2, 0.25) is 0 Å². The Hall–Kier alpha value is -2.34. The zero-order valence-corrected chi connectivity index (χ0v) is 16.2. The fraction of sp³-hybridized carbons (Fsp3) is 0.400. The second-order valence-electron chi connectivity index (χ2n) is 7.39. The molecule has 2 N–H and O–H groups in total. The van der Waals surface area contributed by atoms with Gasteiger partial charge in [-0.3, -0.25) is 0 Å². The SMILES string of the molecule is CC(C)(C)OC(=O)N[C@H](CC1(F)C=CC(c2ccccc2)=CC1Cl)C(=O)O. The van der Waals surface area contributed by atoms with Crippen LogP contribution in [0.15, 0.2) is 48.6 Å². The van der Waals surface area contributed by atoms with Gasteiger partial charge in [-0.25, -0.2) is 14.0 Å². The van der Waals surface area contributed by atoms with Gasteiger partial charge in [0.1, 0.15) is 11.6 Å². The Bertz CT molecular complexity index is 757. The summed E-state index contributed by atoms with van der Waals surface area (Å²) in [6.45, 7) is 4.94. The van der Waals surface area contributed by atoms with Crippen LogP contribution in [0.4, 0.5) is 9.18 Å². The van der Waals surface area contributed by atoms with Crippen molar-refractivity contribution in [1.82, 2.24) is 5.32 Å². The molecular formula is C20H23ClFNO4. The minimum absolute atomic E-state index is 0.523. The molecular weight excluding hydrogens is 373 g/mol. The Labute approximate surface area is 162 Å². The summed E-state index contributed by atoms with van der Waals surface area (Å²) in [5, 5.41) is 10.5. The standard InChI is InChI=1S/C20H23ClFNO4/c1-19(2,3)27-18(26)23-15(17(24)25)12-20(22)10-9-14(11-16(20)21)13-7-5-4-6-8-13/h4-11,15-16H,12H2,1-3H3,(H,23,26)(H,24,25)/t15-,16?,20?/m1/s1. The second kappa shape index (κ2) is 8.13. The Kier molecular flexibility index (Phi) is 6.31. The van der Waals surface area contributed by atoms with Gasteiger partial charge in [0.05, 0.1) is 5.38 Å². The number of benzene rings is 1. The number of amides is 1. The highest BCUT2D eigenvalue weighted by atomic mass is 35.5. The van der Waals surface area contributed by atoms with Crippen LogP contribution in [0.25, 0.3) is 5.57 Å². The molecule has 0 aliphatic heterocycles. The first kappa shape index (κ1) is 21.0. The molecule has 0 saturated heterocycles. The first-order chi connectivity index (χ1) is 12.5. The lowest BCUT2D eigenvalue weighted by atomic mass is 9.86. The average molecular weight is 396 g/mol. The summed E-state index contributed by atoms with van der Waals surface area (Å²) in [7, 11) is 0. The van der Waals surface area contributed by atoms with Crippen molar-refractivity contribution in [2.45, 2.75) is 49.9 Å². The van der Waals surface area contributed by atoms with E-state index in [-0.39, 0.29) is 0 Å². The summed E-state index contributed by atoms with van der Waals surface area (Å²) < 4.78 is 20.4. The molecule has 1 aromatic carbocycles. The number of carboxylic acid groups (broad SMARTS) is 1. The number of ether oxygens (including phenoxy) is 1. The van der Waals surface area contributed by atoms with Gasteiger partial charge in [0.15, 0.2) is 5.67 Å². The number of carboxylic acids is 1. The summed E-state index contributed by atoms with van der Waals surface area (Å²) in [5.74, 6) is -1.37. The number of hydrogen-bond acceptors (Lipinski definition) is 3. The third-order valence-electron chi connectivity index (χ3n) is 3.94. The molecule has 1 aromatic rings. The van der Waals surface area contributed by atoms with Crippen LogP contribution in [0, 0.1) is 0 Å². The summed E-state index contributed by atoms with van der Waals surface area (Å²) >= 11 is 6.22. The maximum atomic E-state index is 15.3.